The molecule has 4 atom stereocenters. The summed E-state index contributed by atoms with van der Waals surface area (Å²) in [6, 6.07) is 0. The summed E-state index contributed by atoms with van der Waals surface area (Å²) in [5, 5.41) is 3.20. The van der Waals surface area contributed by atoms with Crippen LogP contribution in [0.4, 0.5) is 0 Å². The van der Waals surface area contributed by atoms with Crippen LogP contribution in [0.5, 0.6) is 0 Å². The highest BCUT2D eigenvalue weighted by Crippen LogP contribution is 2.53. The number of hydrogen-bond donors (Lipinski definition) is 1. The van der Waals surface area contributed by atoms with Crippen LogP contribution in [0.1, 0.15) is 33.1 Å². The topological polar surface area (TPSA) is 21.3 Å². The Kier molecular flexibility index (Phi) is 2.37. The molecule has 1 N–H and O–H groups in total. The molecule has 1 saturated heterocycles. The molecule has 2 aliphatic rings. The van der Waals surface area contributed by atoms with Crippen molar-refractivity contribution < 1.29 is 4.74 Å². The Bertz CT molecular complexity index is 195. The molecule has 1 aliphatic carbocycles. The van der Waals surface area contributed by atoms with Crippen molar-refractivity contribution in [2.75, 3.05) is 13.6 Å². The maximum Gasteiger partial charge on any atom is 0.0718 e. The van der Waals surface area contributed by atoms with Crippen LogP contribution in [0, 0.1) is 11.8 Å². The maximum absolute atomic E-state index is 6.15. The third-order valence-corrected chi connectivity index (χ3v) is 4.07. The van der Waals surface area contributed by atoms with E-state index in [1.807, 2.05) is 7.05 Å². The molecule has 0 bridgehead atoms. The molecule has 2 fully saturated rings. The van der Waals surface area contributed by atoms with Crippen molar-refractivity contribution in [3.63, 3.8) is 0 Å². The molecule has 2 nitrogen and oxygen atoms in total. The average molecular weight is 183 g/mol. The normalized spacial score (nSPS) is 49.6. The van der Waals surface area contributed by atoms with E-state index in [9.17, 15) is 0 Å². The Labute approximate surface area is 81.0 Å². The van der Waals surface area contributed by atoms with Gasteiger partial charge >= 0.3 is 0 Å². The molecule has 0 aromatic carbocycles. The Hall–Kier alpha value is -0.0800. The summed E-state index contributed by atoms with van der Waals surface area (Å²) in [5.74, 6) is 1.64. The Balaban J connectivity index is 1.91. The first-order valence-corrected chi connectivity index (χ1v) is 5.50. The first kappa shape index (κ1) is 9.47. The summed E-state index contributed by atoms with van der Waals surface area (Å²) in [5.41, 5.74) is 0.279. The van der Waals surface area contributed by atoms with E-state index in [-0.39, 0.29) is 5.60 Å². The van der Waals surface area contributed by atoms with E-state index in [0.717, 1.165) is 18.4 Å². The van der Waals surface area contributed by atoms with E-state index in [1.54, 1.807) is 0 Å². The van der Waals surface area contributed by atoms with Gasteiger partial charge in [-0.25, -0.2) is 0 Å². The zero-order chi connectivity index (χ0) is 9.47. The quantitative estimate of drug-likeness (QED) is 0.705. The summed E-state index contributed by atoms with van der Waals surface area (Å²) in [6.07, 6.45) is 4.29. The molecule has 2 rings (SSSR count). The molecule has 76 valence electrons. The van der Waals surface area contributed by atoms with Crippen molar-refractivity contribution in [2.45, 2.75) is 44.8 Å². The highest BCUT2D eigenvalue weighted by atomic mass is 16.5. The Morgan fingerprint density at radius 3 is 2.77 bits per heavy atom. The van der Waals surface area contributed by atoms with Crippen LogP contribution in [0.3, 0.4) is 0 Å². The smallest absolute Gasteiger partial charge is 0.0718 e. The number of nitrogens with one attached hydrogen (secondary N) is 1. The second-order valence-electron chi connectivity index (χ2n) is 4.87. The highest BCUT2D eigenvalue weighted by molar-refractivity contribution is 5.03. The fourth-order valence-electron chi connectivity index (χ4n) is 2.98. The van der Waals surface area contributed by atoms with Crippen LogP contribution in [0.15, 0.2) is 0 Å². The first-order valence-electron chi connectivity index (χ1n) is 5.50. The van der Waals surface area contributed by atoms with Gasteiger partial charge in [-0.2, -0.15) is 0 Å². The van der Waals surface area contributed by atoms with Crippen molar-refractivity contribution in [3.8, 4) is 0 Å². The molecule has 1 aliphatic heterocycles. The SMILES string of the molecule is CNCC1CCC2(CC(C)C2C)O1. The van der Waals surface area contributed by atoms with Crippen LogP contribution in [-0.4, -0.2) is 25.3 Å². The minimum absolute atomic E-state index is 0.279. The first-order chi connectivity index (χ1) is 6.18. The molecular weight excluding hydrogens is 162 g/mol. The van der Waals surface area contributed by atoms with Gasteiger partial charge in [-0.3, -0.25) is 0 Å². The number of likely N-dealkylation sites (N-methyl/N-ethyl adjacent to an activating group) is 1. The van der Waals surface area contributed by atoms with E-state index in [1.165, 1.54) is 19.3 Å². The van der Waals surface area contributed by atoms with Gasteiger partial charge in [0.1, 0.15) is 0 Å². The third kappa shape index (κ3) is 1.40. The fourth-order valence-corrected chi connectivity index (χ4v) is 2.98. The predicted octanol–water partition coefficient (Wildman–Crippen LogP) is 1.80. The zero-order valence-corrected chi connectivity index (χ0v) is 8.97. The standard InChI is InChI=1S/C11H21NO/c1-8-6-11(9(8)2)5-4-10(13-11)7-12-3/h8-10,12H,4-7H2,1-3H3. The van der Waals surface area contributed by atoms with Crippen molar-refractivity contribution >= 4 is 0 Å². The van der Waals surface area contributed by atoms with Gasteiger partial charge in [-0.15, -0.1) is 0 Å². The van der Waals surface area contributed by atoms with Gasteiger partial charge in [-0.05, 0) is 38.1 Å². The van der Waals surface area contributed by atoms with E-state index in [0.29, 0.717) is 6.10 Å². The third-order valence-electron chi connectivity index (χ3n) is 4.07. The van der Waals surface area contributed by atoms with Gasteiger partial charge in [0.05, 0.1) is 11.7 Å². The zero-order valence-electron chi connectivity index (χ0n) is 8.97. The minimum Gasteiger partial charge on any atom is -0.370 e. The lowest BCUT2D eigenvalue weighted by Crippen LogP contribution is -2.51. The monoisotopic (exact) mass is 183 g/mol. The van der Waals surface area contributed by atoms with Crippen LogP contribution >= 0.6 is 0 Å². The fraction of sp³-hybridized carbons (Fsp3) is 1.00. The molecule has 0 amide bonds. The van der Waals surface area contributed by atoms with Crippen molar-refractivity contribution in [1.82, 2.24) is 5.32 Å². The van der Waals surface area contributed by atoms with Crippen molar-refractivity contribution in [2.24, 2.45) is 11.8 Å². The molecular formula is C11H21NO. The van der Waals surface area contributed by atoms with E-state index in [2.05, 4.69) is 19.2 Å². The van der Waals surface area contributed by atoms with Gasteiger partial charge in [0.25, 0.3) is 0 Å². The molecule has 0 radical (unpaired) electrons. The van der Waals surface area contributed by atoms with Crippen molar-refractivity contribution in [1.29, 1.82) is 0 Å². The van der Waals surface area contributed by atoms with E-state index >= 15 is 0 Å². The molecule has 1 saturated carbocycles. The van der Waals surface area contributed by atoms with Gasteiger partial charge in [0, 0.05) is 6.54 Å². The molecule has 1 spiro atoms. The van der Waals surface area contributed by atoms with E-state index < -0.39 is 0 Å². The summed E-state index contributed by atoms with van der Waals surface area (Å²) in [4.78, 5) is 0. The molecule has 4 unspecified atom stereocenters. The molecule has 2 heteroatoms. The van der Waals surface area contributed by atoms with Crippen LogP contribution < -0.4 is 5.32 Å². The summed E-state index contributed by atoms with van der Waals surface area (Å²) >= 11 is 0. The number of rotatable bonds is 2. The lowest BCUT2D eigenvalue weighted by atomic mass is 9.62. The van der Waals surface area contributed by atoms with Crippen LogP contribution in [0.2, 0.25) is 0 Å². The molecule has 13 heavy (non-hydrogen) atoms. The minimum atomic E-state index is 0.279. The average Bonchev–Trinajstić information content (AvgIpc) is 2.52. The van der Waals surface area contributed by atoms with Crippen molar-refractivity contribution in [3.05, 3.63) is 0 Å². The van der Waals surface area contributed by atoms with Crippen LogP contribution in [0.25, 0.3) is 0 Å². The van der Waals surface area contributed by atoms with Gasteiger partial charge in [-0.1, -0.05) is 13.8 Å². The largest absolute Gasteiger partial charge is 0.370 e. The molecule has 1 heterocycles. The number of hydrogen-bond acceptors (Lipinski definition) is 2. The van der Waals surface area contributed by atoms with Gasteiger partial charge < -0.3 is 10.1 Å². The lowest BCUT2D eigenvalue weighted by molar-refractivity contribution is -0.158. The second kappa shape index (κ2) is 3.25. The molecule has 0 aromatic heterocycles. The summed E-state index contributed by atoms with van der Waals surface area (Å²) < 4.78 is 6.15. The molecule has 0 aromatic rings. The van der Waals surface area contributed by atoms with Gasteiger partial charge in [0.15, 0.2) is 0 Å². The number of ether oxygens (including phenoxy) is 1. The highest BCUT2D eigenvalue weighted by Gasteiger charge is 2.53. The Morgan fingerprint density at radius 2 is 2.23 bits per heavy atom. The van der Waals surface area contributed by atoms with E-state index in [4.69, 9.17) is 4.74 Å². The maximum atomic E-state index is 6.15. The summed E-state index contributed by atoms with van der Waals surface area (Å²) in [6.45, 7) is 5.70. The lowest BCUT2D eigenvalue weighted by Gasteiger charge is -2.50. The predicted molar refractivity (Wildman–Crippen MR) is 53.7 cm³/mol. The van der Waals surface area contributed by atoms with Gasteiger partial charge in [0.2, 0.25) is 0 Å². The second-order valence-corrected chi connectivity index (χ2v) is 4.87. The Morgan fingerprint density at radius 1 is 1.46 bits per heavy atom. The summed E-state index contributed by atoms with van der Waals surface area (Å²) in [7, 11) is 2.00. The van der Waals surface area contributed by atoms with Crippen LogP contribution in [-0.2, 0) is 4.74 Å².